The Labute approximate surface area is 138 Å². The third-order valence-electron chi connectivity index (χ3n) is 3.69. The number of hydrogen-bond donors (Lipinski definition) is 1. The van der Waals surface area contributed by atoms with E-state index in [9.17, 15) is 9.59 Å². The number of fused-ring (bicyclic) bond motifs is 1. The maximum absolute atomic E-state index is 12.4. The molecule has 0 bridgehead atoms. The average Bonchev–Trinajstić information content (AvgIpc) is 3.05. The highest BCUT2D eigenvalue weighted by atomic mass is 16.5. The monoisotopic (exact) mass is 324 g/mol. The lowest BCUT2D eigenvalue weighted by molar-refractivity contribution is 0.0315. The highest BCUT2D eigenvalue weighted by molar-refractivity contribution is 6.04. The molecule has 1 heterocycles. The van der Waals surface area contributed by atoms with Crippen molar-refractivity contribution in [3.05, 3.63) is 59.8 Å². The topological polar surface area (TPSA) is 81.3 Å². The van der Waals surface area contributed by atoms with Crippen molar-refractivity contribution < 1.29 is 19.1 Å². The molecular weight excluding hydrogens is 308 g/mol. The van der Waals surface area contributed by atoms with Crippen molar-refractivity contribution in [2.75, 3.05) is 7.11 Å². The smallest absolute Gasteiger partial charge is 0.360 e. The molecule has 0 amide bonds. The maximum atomic E-state index is 12.4. The SMILES string of the molecule is COc1ccc(C(=O)C(C)OC(=O)c2n[nH]c3ccccc23)cc1. The van der Waals surface area contributed by atoms with E-state index < -0.39 is 12.1 Å². The summed E-state index contributed by atoms with van der Waals surface area (Å²) in [6.07, 6.45) is -0.915. The van der Waals surface area contributed by atoms with E-state index in [-0.39, 0.29) is 11.5 Å². The number of aromatic amines is 1. The molecule has 0 saturated carbocycles. The number of aromatic nitrogens is 2. The van der Waals surface area contributed by atoms with E-state index in [1.807, 2.05) is 12.1 Å². The summed E-state index contributed by atoms with van der Waals surface area (Å²) in [6, 6.07) is 13.9. The lowest BCUT2D eigenvalue weighted by Crippen LogP contribution is -2.24. The molecule has 1 unspecified atom stereocenters. The van der Waals surface area contributed by atoms with Gasteiger partial charge in [0.1, 0.15) is 5.75 Å². The van der Waals surface area contributed by atoms with E-state index in [1.165, 1.54) is 0 Å². The lowest BCUT2D eigenvalue weighted by Gasteiger charge is -2.12. The summed E-state index contributed by atoms with van der Waals surface area (Å²) >= 11 is 0. The molecule has 1 N–H and O–H groups in total. The number of nitrogens with one attached hydrogen (secondary N) is 1. The zero-order valence-electron chi connectivity index (χ0n) is 13.3. The van der Waals surface area contributed by atoms with Gasteiger partial charge in [-0.3, -0.25) is 9.89 Å². The molecule has 0 fully saturated rings. The molecule has 6 nitrogen and oxygen atoms in total. The van der Waals surface area contributed by atoms with Crippen molar-refractivity contribution >= 4 is 22.7 Å². The molecule has 122 valence electrons. The summed E-state index contributed by atoms with van der Waals surface area (Å²) in [5, 5.41) is 7.40. The first kappa shape index (κ1) is 15.7. The first-order valence-electron chi connectivity index (χ1n) is 7.42. The molecule has 6 heteroatoms. The maximum Gasteiger partial charge on any atom is 0.360 e. The third-order valence-corrected chi connectivity index (χ3v) is 3.69. The van der Waals surface area contributed by atoms with Crippen LogP contribution < -0.4 is 4.74 Å². The van der Waals surface area contributed by atoms with Crippen molar-refractivity contribution in [3.63, 3.8) is 0 Å². The Kier molecular flexibility index (Phi) is 4.29. The number of benzene rings is 2. The molecule has 24 heavy (non-hydrogen) atoms. The molecule has 0 spiro atoms. The van der Waals surface area contributed by atoms with E-state index in [1.54, 1.807) is 50.4 Å². The number of esters is 1. The van der Waals surface area contributed by atoms with Gasteiger partial charge in [0, 0.05) is 10.9 Å². The number of methoxy groups -OCH3 is 1. The number of rotatable bonds is 5. The molecule has 0 aliphatic carbocycles. The Balaban J connectivity index is 1.74. The van der Waals surface area contributed by atoms with Crippen LogP contribution in [0.25, 0.3) is 10.9 Å². The molecule has 0 saturated heterocycles. The second kappa shape index (κ2) is 6.54. The van der Waals surface area contributed by atoms with Crippen LogP contribution in [0.3, 0.4) is 0 Å². The van der Waals surface area contributed by atoms with Crippen LogP contribution in [-0.4, -0.2) is 35.2 Å². The molecule has 3 rings (SSSR count). The van der Waals surface area contributed by atoms with Gasteiger partial charge in [0.15, 0.2) is 11.8 Å². The number of ether oxygens (including phenoxy) is 2. The molecule has 1 aromatic heterocycles. The van der Waals surface area contributed by atoms with E-state index in [0.717, 1.165) is 5.52 Å². The summed E-state index contributed by atoms with van der Waals surface area (Å²) in [7, 11) is 1.55. The number of nitrogens with zero attached hydrogens (tertiary/aromatic N) is 1. The van der Waals surface area contributed by atoms with Gasteiger partial charge >= 0.3 is 5.97 Å². The lowest BCUT2D eigenvalue weighted by atomic mass is 10.1. The van der Waals surface area contributed by atoms with Gasteiger partial charge in [0.2, 0.25) is 5.78 Å². The Morgan fingerprint density at radius 2 is 1.79 bits per heavy atom. The number of H-pyrrole nitrogens is 1. The minimum absolute atomic E-state index is 0.167. The minimum atomic E-state index is -0.915. The quantitative estimate of drug-likeness (QED) is 0.576. The van der Waals surface area contributed by atoms with Crippen LogP contribution in [0.4, 0.5) is 0 Å². The summed E-state index contributed by atoms with van der Waals surface area (Å²) in [5.74, 6) is -0.271. The Bertz CT molecular complexity index is 883. The Morgan fingerprint density at radius 1 is 1.08 bits per heavy atom. The Morgan fingerprint density at radius 3 is 2.50 bits per heavy atom. The van der Waals surface area contributed by atoms with Crippen molar-refractivity contribution in [3.8, 4) is 5.75 Å². The zero-order chi connectivity index (χ0) is 17.1. The van der Waals surface area contributed by atoms with Crippen LogP contribution in [0.5, 0.6) is 5.75 Å². The van der Waals surface area contributed by atoms with Gasteiger partial charge in [-0.1, -0.05) is 18.2 Å². The fourth-order valence-corrected chi connectivity index (χ4v) is 2.38. The van der Waals surface area contributed by atoms with Crippen LogP contribution in [0.2, 0.25) is 0 Å². The molecule has 1 atom stereocenters. The van der Waals surface area contributed by atoms with Crippen LogP contribution in [0.15, 0.2) is 48.5 Å². The van der Waals surface area contributed by atoms with Gasteiger partial charge in [-0.05, 0) is 37.3 Å². The van der Waals surface area contributed by atoms with Gasteiger partial charge in [0.05, 0.1) is 12.6 Å². The Hall–Kier alpha value is -3.15. The van der Waals surface area contributed by atoms with Crippen molar-refractivity contribution in [2.45, 2.75) is 13.0 Å². The fourth-order valence-electron chi connectivity index (χ4n) is 2.38. The first-order chi connectivity index (χ1) is 11.6. The normalized spacial score (nSPS) is 11.9. The standard InChI is InChI=1S/C18H16N2O4/c1-11(17(21)12-7-9-13(23-2)10-8-12)24-18(22)16-14-5-3-4-6-15(14)19-20-16/h3-11H,1-2H3,(H,19,20). The van der Waals surface area contributed by atoms with Crippen LogP contribution in [0.1, 0.15) is 27.8 Å². The third kappa shape index (κ3) is 2.99. The minimum Gasteiger partial charge on any atom is -0.497 e. The molecule has 3 aromatic rings. The fraction of sp³-hybridized carbons (Fsp3) is 0.167. The van der Waals surface area contributed by atoms with E-state index >= 15 is 0 Å². The van der Waals surface area contributed by atoms with Crippen molar-refractivity contribution in [1.29, 1.82) is 0 Å². The average molecular weight is 324 g/mol. The number of Topliss-reactive ketones (excluding diaryl/α,β-unsaturated/α-hetero) is 1. The van der Waals surface area contributed by atoms with E-state index in [2.05, 4.69) is 10.2 Å². The predicted octanol–water partition coefficient (Wildman–Crippen LogP) is 3.00. The molecule has 0 aliphatic rings. The molecular formula is C18H16N2O4. The van der Waals surface area contributed by atoms with Gasteiger partial charge in [0.25, 0.3) is 0 Å². The highest BCUT2D eigenvalue weighted by Gasteiger charge is 2.23. The van der Waals surface area contributed by atoms with Gasteiger partial charge in [-0.15, -0.1) is 0 Å². The van der Waals surface area contributed by atoms with Gasteiger partial charge in [-0.2, -0.15) is 5.10 Å². The summed E-state index contributed by atoms with van der Waals surface area (Å²) in [5.41, 5.74) is 1.35. The van der Waals surface area contributed by atoms with Gasteiger partial charge in [-0.25, -0.2) is 4.79 Å². The second-order valence-electron chi connectivity index (χ2n) is 5.26. The molecule has 0 radical (unpaired) electrons. The van der Waals surface area contributed by atoms with Crippen LogP contribution >= 0.6 is 0 Å². The van der Waals surface area contributed by atoms with Crippen molar-refractivity contribution in [2.24, 2.45) is 0 Å². The number of ketones is 1. The van der Waals surface area contributed by atoms with E-state index in [4.69, 9.17) is 9.47 Å². The summed E-state index contributed by atoms with van der Waals surface area (Å²) < 4.78 is 10.3. The van der Waals surface area contributed by atoms with Gasteiger partial charge < -0.3 is 9.47 Å². The number of carbonyl (C=O) groups excluding carboxylic acids is 2. The number of carbonyl (C=O) groups is 2. The van der Waals surface area contributed by atoms with Crippen LogP contribution in [0, 0.1) is 0 Å². The first-order valence-corrected chi connectivity index (χ1v) is 7.42. The second-order valence-corrected chi connectivity index (χ2v) is 5.26. The summed E-state index contributed by atoms with van der Waals surface area (Å²) in [4.78, 5) is 24.7. The highest BCUT2D eigenvalue weighted by Crippen LogP contribution is 2.18. The summed E-state index contributed by atoms with van der Waals surface area (Å²) in [6.45, 7) is 1.54. The van der Waals surface area contributed by atoms with Crippen molar-refractivity contribution in [1.82, 2.24) is 10.2 Å². The predicted molar refractivity (Wildman–Crippen MR) is 88.3 cm³/mol. The molecule has 2 aromatic carbocycles. The zero-order valence-corrected chi connectivity index (χ0v) is 13.3. The van der Waals surface area contributed by atoms with E-state index in [0.29, 0.717) is 16.7 Å². The number of hydrogen-bond acceptors (Lipinski definition) is 5. The van der Waals surface area contributed by atoms with Crippen LogP contribution in [-0.2, 0) is 4.74 Å². The number of para-hydroxylation sites is 1. The largest absolute Gasteiger partial charge is 0.497 e. The molecule has 0 aliphatic heterocycles.